The summed E-state index contributed by atoms with van der Waals surface area (Å²) in [6.07, 6.45) is 11.5. The molecule has 1 nitrogen and oxygen atoms in total. The third kappa shape index (κ3) is 0.708. The van der Waals surface area contributed by atoms with Crippen molar-refractivity contribution in [3.05, 3.63) is 41.7 Å². The number of rotatable bonds is 0. The normalized spacial score (nSPS) is 18.4. The van der Waals surface area contributed by atoms with Crippen LogP contribution in [0.25, 0.3) is 0 Å². The Bertz CT molecular complexity index is 341. The number of allylic oxidation sites excluding steroid dienone is 5. The molecule has 10 heavy (non-hydrogen) atoms. The van der Waals surface area contributed by atoms with Gasteiger partial charge in [-0.25, -0.2) is 0 Å². The van der Waals surface area contributed by atoms with E-state index in [1.165, 1.54) is 5.57 Å². The molecule has 0 saturated heterocycles. The Morgan fingerprint density at radius 2 is 2.40 bits per heavy atom. The highest BCUT2D eigenvalue weighted by Crippen LogP contribution is 2.04. The molecule has 1 aliphatic carbocycles. The Morgan fingerprint density at radius 1 is 1.40 bits per heavy atom. The first-order valence-corrected chi connectivity index (χ1v) is 3.18. The summed E-state index contributed by atoms with van der Waals surface area (Å²) < 4.78 is 4.15. The maximum Gasteiger partial charge on any atom is 0.341 e. The van der Waals surface area contributed by atoms with Crippen LogP contribution in [-0.4, -0.2) is 11.9 Å². The highest BCUT2D eigenvalue weighted by atomic mass is 14.6. The average Bonchev–Trinajstić information content (AvgIpc) is 2.05. The van der Waals surface area contributed by atoms with Crippen molar-refractivity contribution in [1.82, 2.24) is 4.67 Å². The zero-order chi connectivity index (χ0) is 6.81. The lowest BCUT2D eigenvalue weighted by Crippen LogP contribution is -2.05. The molecule has 0 radical (unpaired) electrons. The van der Waals surface area contributed by atoms with Gasteiger partial charge >= 0.3 is 5.71 Å². The number of hydrogen-bond acceptors (Lipinski definition) is 0. The topological polar surface area (TPSA) is 14.1 Å². The molecule has 0 aromatic carbocycles. The van der Waals surface area contributed by atoms with Crippen molar-refractivity contribution in [2.24, 2.45) is 0 Å². The number of nitrogens with zero attached hydrogens (tertiary/aromatic N) is 1. The monoisotopic (exact) mass is 128 g/mol. The lowest BCUT2D eigenvalue weighted by molar-refractivity contribution is 1.59. The second-order valence-electron chi connectivity index (χ2n) is 2.12. The first-order chi connectivity index (χ1) is 4.97. The van der Waals surface area contributed by atoms with Crippen molar-refractivity contribution in [3.63, 3.8) is 0 Å². The van der Waals surface area contributed by atoms with E-state index in [4.69, 9.17) is 0 Å². The van der Waals surface area contributed by atoms with Crippen LogP contribution in [0.2, 0.25) is 0 Å². The minimum atomic E-state index is 1.00. The van der Waals surface area contributed by atoms with E-state index < -0.39 is 0 Å². The van der Waals surface area contributed by atoms with Crippen molar-refractivity contribution in [3.8, 4) is 0 Å². The number of fused-ring (bicyclic) bond motifs is 1. The van der Waals surface area contributed by atoms with E-state index in [9.17, 15) is 0 Å². The van der Waals surface area contributed by atoms with Crippen LogP contribution in [0.3, 0.4) is 0 Å². The minimum absolute atomic E-state index is 1.00. The van der Waals surface area contributed by atoms with Crippen LogP contribution in [0.4, 0.5) is 0 Å². The van der Waals surface area contributed by atoms with Crippen LogP contribution in [0, 0.1) is 0 Å². The summed E-state index contributed by atoms with van der Waals surface area (Å²) in [4.78, 5) is 0. The highest BCUT2D eigenvalue weighted by molar-refractivity contribution is 6.13. The molecule has 1 aliphatic heterocycles. The van der Waals surface area contributed by atoms with Gasteiger partial charge in [0.15, 0.2) is 0 Å². The molecule has 0 unspecified atom stereocenters. The smallest absolute Gasteiger partial charge is 0.113 e. The predicted octanol–water partition coefficient (Wildman–Crippen LogP) is 0.786. The van der Waals surface area contributed by atoms with Gasteiger partial charge in [0.25, 0.3) is 6.21 Å². The molecule has 0 atom stereocenters. The maximum atomic E-state index is 4.15. The molecule has 0 saturated carbocycles. The van der Waals surface area contributed by atoms with Crippen LogP contribution in [0.1, 0.15) is 0 Å². The minimum Gasteiger partial charge on any atom is -0.113 e. The van der Waals surface area contributed by atoms with E-state index in [1.807, 2.05) is 30.4 Å². The Kier molecular flexibility index (Phi) is 1.05. The van der Waals surface area contributed by atoms with E-state index in [-0.39, 0.29) is 0 Å². The molecular formula is C9H6N+. The molecule has 2 rings (SSSR count). The van der Waals surface area contributed by atoms with Crippen LogP contribution >= 0.6 is 0 Å². The Balaban J connectivity index is 2.68. The Labute approximate surface area is 59.1 Å². The van der Waals surface area contributed by atoms with Gasteiger partial charge in [-0.3, -0.25) is 0 Å². The number of hydrogen-bond donors (Lipinski definition) is 0. The Morgan fingerprint density at radius 3 is 3.30 bits per heavy atom. The lowest BCUT2D eigenvalue weighted by atomic mass is 10.1. The van der Waals surface area contributed by atoms with Crippen LogP contribution in [0.5, 0.6) is 0 Å². The predicted molar refractivity (Wildman–Crippen MR) is 43.1 cm³/mol. The average molecular weight is 128 g/mol. The zero-order valence-electron chi connectivity index (χ0n) is 5.41. The van der Waals surface area contributed by atoms with Crippen LogP contribution in [0.15, 0.2) is 41.7 Å². The van der Waals surface area contributed by atoms with Gasteiger partial charge in [0, 0.05) is 6.08 Å². The van der Waals surface area contributed by atoms with E-state index >= 15 is 0 Å². The van der Waals surface area contributed by atoms with E-state index in [0.717, 1.165) is 5.71 Å². The SMILES string of the molecule is C1=CC=C2C=CC=[N+]=C2C=1. The van der Waals surface area contributed by atoms with Crippen LogP contribution in [-0.2, 0) is 0 Å². The van der Waals surface area contributed by atoms with Crippen molar-refractivity contribution >= 4 is 11.9 Å². The summed E-state index contributed by atoms with van der Waals surface area (Å²) in [6.45, 7) is 0. The van der Waals surface area contributed by atoms with Gasteiger partial charge in [-0.15, -0.1) is 5.73 Å². The summed E-state index contributed by atoms with van der Waals surface area (Å²) >= 11 is 0. The van der Waals surface area contributed by atoms with Gasteiger partial charge in [0.1, 0.15) is 0 Å². The largest absolute Gasteiger partial charge is 0.341 e. The van der Waals surface area contributed by atoms with Crippen molar-refractivity contribution in [1.29, 1.82) is 0 Å². The second-order valence-corrected chi connectivity index (χ2v) is 2.12. The summed E-state index contributed by atoms with van der Waals surface area (Å²) in [7, 11) is 0. The van der Waals surface area contributed by atoms with E-state index in [0.29, 0.717) is 0 Å². The molecule has 2 aliphatic rings. The van der Waals surface area contributed by atoms with Gasteiger partial charge in [0.2, 0.25) is 0 Å². The molecular weight excluding hydrogens is 122 g/mol. The molecule has 0 aromatic heterocycles. The van der Waals surface area contributed by atoms with Crippen molar-refractivity contribution < 1.29 is 0 Å². The molecule has 0 aromatic rings. The summed E-state index contributed by atoms with van der Waals surface area (Å²) in [5.41, 5.74) is 5.15. The third-order valence-electron chi connectivity index (χ3n) is 1.45. The maximum absolute atomic E-state index is 4.15. The molecule has 1 heterocycles. The van der Waals surface area contributed by atoms with Gasteiger partial charge < -0.3 is 0 Å². The van der Waals surface area contributed by atoms with Gasteiger partial charge in [0.05, 0.1) is 11.6 Å². The standard InChI is InChI=1S/C9H6N/c1-2-6-9-8(4-1)5-3-7-10-9/h1,3-7H/q+1. The molecule has 46 valence electrons. The molecule has 0 fully saturated rings. The zero-order valence-corrected chi connectivity index (χ0v) is 5.41. The summed E-state index contributed by atoms with van der Waals surface area (Å²) in [6, 6.07) is 0. The fourth-order valence-corrected chi connectivity index (χ4v) is 0.956. The van der Waals surface area contributed by atoms with Gasteiger partial charge in [-0.1, -0.05) is 4.67 Å². The highest BCUT2D eigenvalue weighted by Gasteiger charge is 2.13. The van der Waals surface area contributed by atoms with Crippen molar-refractivity contribution in [2.45, 2.75) is 0 Å². The first-order valence-electron chi connectivity index (χ1n) is 3.18. The molecule has 0 N–H and O–H groups in total. The van der Waals surface area contributed by atoms with E-state index in [2.05, 4.69) is 10.4 Å². The molecule has 0 spiro atoms. The molecule has 0 amide bonds. The molecule has 0 bridgehead atoms. The van der Waals surface area contributed by atoms with E-state index in [1.54, 1.807) is 6.21 Å². The first kappa shape index (κ1) is 5.25. The fourth-order valence-electron chi connectivity index (χ4n) is 0.956. The fraction of sp³-hybridized carbons (Fsp3) is 0. The third-order valence-corrected chi connectivity index (χ3v) is 1.45. The van der Waals surface area contributed by atoms with Crippen molar-refractivity contribution in [2.75, 3.05) is 0 Å². The van der Waals surface area contributed by atoms with Crippen LogP contribution < -0.4 is 4.67 Å². The Hall–Kier alpha value is -1.55. The lowest BCUT2D eigenvalue weighted by Gasteiger charge is -1.92. The summed E-state index contributed by atoms with van der Waals surface area (Å²) in [5, 5.41) is 0. The second kappa shape index (κ2) is 2.00. The summed E-state index contributed by atoms with van der Waals surface area (Å²) in [5.74, 6) is 0. The quantitative estimate of drug-likeness (QED) is 0.338. The van der Waals surface area contributed by atoms with Gasteiger partial charge in [-0.2, -0.15) is 0 Å². The van der Waals surface area contributed by atoms with Gasteiger partial charge in [-0.05, 0) is 18.2 Å². The molecule has 1 heteroatoms.